The van der Waals surface area contributed by atoms with E-state index in [1.54, 1.807) is 31.4 Å². The number of hydrogen-bond donors (Lipinski definition) is 1. The monoisotopic (exact) mass is 786 g/mol. The van der Waals surface area contributed by atoms with Crippen LogP contribution in [0, 0.1) is 10.1 Å². The minimum absolute atomic E-state index is 0.0280. The Kier molecular flexibility index (Phi) is 15.4. The number of halogens is 1. The molecule has 0 spiro atoms. The molecule has 2 aliphatic rings. The lowest BCUT2D eigenvalue weighted by Crippen LogP contribution is -2.54. The maximum absolute atomic E-state index is 12.9. The lowest BCUT2D eigenvalue weighted by molar-refractivity contribution is -0.803. The van der Waals surface area contributed by atoms with E-state index >= 15 is 0 Å². The molecule has 3 aromatic rings. The van der Waals surface area contributed by atoms with Crippen LogP contribution in [-0.2, 0) is 30.6 Å². The fourth-order valence-corrected chi connectivity index (χ4v) is 6.70. The first-order valence-electron chi connectivity index (χ1n) is 18.1. The van der Waals surface area contributed by atoms with Crippen molar-refractivity contribution in [3.8, 4) is 17.2 Å². The van der Waals surface area contributed by atoms with Crippen molar-refractivity contribution in [3.05, 3.63) is 93.0 Å². The predicted octanol–water partition coefficient (Wildman–Crippen LogP) is 5.44. The van der Waals surface area contributed by atoms with Gasteiger partial charge in [0.25, 0.3) is 5.91 Å². The number of para-hydroxylation sites is 1. The topological polar surface area (TPSA) is 172 Å². The van der Waals surface area contributed by atoms with Crippen LogP contribution >= 0.6 is 11.6 Å². The summed E-state index contributed by atoms with van der Waals surface area (Å²) in [5.74, 6) is 0.647. The molecule has 2 aliphatic heterocycles. The molecule has 17 heteroatoms. The zero-order valence-corrected chi connectivity index (χ0v) is 31.6. The fraction of sp³-hybridized carbons (Fsp3) is 0.474. The Bertz CT molecular complexity index is 1720. The maximum Gasteiger partial charge on any atom is 0.407 e. The largest absolute Gasteiger partial charge is 0.493 e. The van der Waals surface area contributed by atoms with Crippen molar-refractivity contribution in [1.82, 2.24) is 9.96 Å². The number of benzene rings is 3. The number of carbonyl (C=O) groups is 2. The summed E-state index contributed by atoms with van der Waals surface area (Å²) in [5, 5.41) is 21.1. The Morgan fingerprint density at radius 1 is 1.00 bits per heavy atom. The van der Waals surface area contributed by atoms with Crippen LogP contribution < -0.4 is 19.1 Å². The van der Waals surface area contributed by atoms with Crippen LogP contribution in [0.4, 0.5) is 10.5 Å². The van der Waals surface area contributed by atoms with E-state index in [9.17, 15) is 24.8 Å². The Labute approximate surface area is 324 Å². The average Bonchev–Trinajstić information content (AvgIpc) is 3.18. The quantitative estimate of drug-likeness (QED) is 0.0873. The summed E-state index contributed by atoms with van der Waals surface area (Å²) in [4.78, 5) is 44.0. The van der Waals surface area contributed by atoms with Gasteiger partial charge in [-0.1, -0.05) is 41.9 Å². The van der Waals surface area contributed by atoms with Gasteiger partial charge in [-0.3, -0.25) is 4.79 Å². The number of likely N-dealkylation sites (tertiary alicyclic amines) is 1. The number of carbonyl (C=O) groups excluding carboxylic acids is 1. The van der Waals surface area contributed by atoms with Crippen molar-refractivity contribution < 1.29 is 53.1 Å². The number of amides is 2. The minimum Gasteiger partial charge on any atom is -0.493 e. The number of piperidine rings is 1. The molecular formula is C38H47ClN4O12. The van der Waals surface area contributed by atoms with Crippen molar-refractivity contribution in [2.24, 2.45) is 0 Å². The lowest BCUT2D eigenvalue weighted by atomic mass is 9.84. The van der Waals surface area contributed by atoms with Gasteiger partial charge in [0, 0.05) is 39.1 Å². The van der Waals surface area contributed by atoms with Gasteiger partial charge < -0.3 is 43.3 Å². The summed E-state index contributed by atoms with van der Waals surface area (Å²) in [6.45, 7) is 4.45. The number of rotatable bonds is 20. The fourth-order valence-electron chi connectivity index (χ4n) is 6.51. The van der Waals surface area contributed by atoms with Gasteiger partial charge in [-0.15, -0.1) is 10.1 Å². The summed E-state index contributed by atoms with van der Waals surface area (Å²) in [6, 6.07) is 20.4. The molecule has 298 valence electrons. The van der Waals surface area contributed by atoms with Crippen molar-refractivity contribution in [1.29, 1.82) is 0 Å². The number of hydrogen-bond acceptors (Lipinski definition) is 12. The first-order valence-corrected chi connectivity index (χ1v) is 18.5. The number of likely N-dealkylation sites (N-methyl/N-ethyl adjacent to an activating group) is 1. The molecule has 55 heavy (non-hydrogen) atoms. The highest BCUT2D eigenvalue weighted by molar-refractivity contribution is 6.32. The van der Waals surface area contributed by atoms with Gasteiger partial charge in [-0.25, -0.2) is 4.79 Å². The molecule has 0 unspecified atom stereocenters. The van der Waals surface area contributed by atoms with E-state index in [0.717, 1.165) is 42.1 Å². The van der Waals surface area contributed by atoms with E-state index in [4.69, 9.17) is 40.0 Å². The van der Waals surface area contributed by atoms with E-state index in [1.165, 1.54) is 11.8 Å². The third kappa shape index (κ3) is 11.7. The highest BCUT2D eigenvalue weighted by Gasteiger charge is 2.41. The van der Waals surface area contributed by atoms with Gasteiger partial charge in [0.2, 0.25) is 0 Å². The Morgan fingerprint density at radius 2 is 1.75 bits per heavy atom. The molecule has 0 saturated carbocycles. The Balaban J connectivity index is 1.32. The van der Waals surface area contributed by atoms with Crippen molar-refractivity contribution in [3.63, 3.8) is 0 Å². The van der Waals surface area contributed by atoms with Crippen LogP contribution in [0.1, 0.15) is 36.8 Å². The van der Waals surface area contributed by atoms with E-state index in [2.05, 4.69) is 9.84 Å². The van der Waals surface area contributed by atoms with E-state index in [-0.39, 0.29) is 26.2 Å². The smallest absolute Gasteiger partial charge is 0.407 e. The highest BCUT2D eigenvalue weighted by Crippen LogP contribution is 2.36. The standard InChI is InChI=1S/C38H47ClN4O12/c1-3-42(55-43(47)48)36(44)26-54-35-24-41(38(45)46)23-34(53-25-27-10-15-33-31(22-27)40(17-21-52-33)16-6-18-49-2)37(35)28-11-13-29(14-12-28)50-19-7-20-51-32-9-5-4-8-30(32)39/h4-5,8-15,22,34-35,37H,3,6-7,16-21,23-26H2,1-2H3,(H,45,46)/t34-,35+,37+/m0/s1. The van der Waals surface area contributed by atoms with Crippen LogP contribution in [0.15, 0.2) is 66.7 Å². The van der Waals surface area contributed by atoms with Crippen molar-refractivity contribution >= 4 is 29.3 Å². The summed E-state index contributed by atoms with van der Waals surface area (Å²) in [7, 11) is 1.68. The molecule has 2 amide bonds. The van der Waals surface area contributed by atoms with Crippen LogP contribution in [0.5, 0.6) is 17.2 Å². The summed E-state index contributed by atoms with van der Waals surface area (Å²) < 4.78 is 35.5. The van der Waals surface area contributed by atoms with E-state index in [1.807, 2.05) is 42.5 Å². The molecule has 5 rings (SSSR count). The predicted molar refractivity (Wildman–Crippen MR) is 200 cm³/mol. The van der Waals surface area contributed by atoms with Crippen LogP contribution in [-0.4, -0.2) is 117 Å². The molecule has 1 fully saturated rings. The minimum atomic E-state index is -1.18. The zero-order chi connectivity index (χ0) is 39.2. The number of carboxylic acid groups (broad SMARTS) is 1. The second-order valence-electron chi connectivity index (χ2n) is 12.8. The molecule has 1 saturated heterocycles. The first kappa shape index (κ1) is 41.1. The second kappa shape index (κ2) is 20.6. The first-order chi connectivity index (χ1) is 26.7. The third-order valence-corrected chi connectivity index (χ3v) is 9.48. The van der Waals surface area contributed by atoms with Gasteiger partial charge in [-0.2, -0.15) is 10.0 Å². The van der Waals surface area contributed by atoms with Gasteiger partial charge in [0.05, 0.1) is 62.4 Å². The number of ether oxygens (including phenoxy) is 6. The molecule has 0 aliphatic carbocycles. The molecule has 2 heterocycles. The van der Waals surface area contributed by atoms with Crippen molar-refractivity contribution in [2.45, 2.75) is 44.5 Å². The molecule has 3 aromatic carbocycles. The third-order valence-electron chi connectivity index (χ3n) is 9.16. The molecule has 0 radical (unpaired) electrons. The molecule has 0 aromatic heterocycles. The lowest BCUT2D eigenvalue weighted by Gasteiger charge is -2.42. The van der Waals surface area contributed by atoms with Crippen LogP contribution in [0.2, 0.25) is 5.02 Å². The highest BCUT2D eigenvalue weighted by atomic mass is 35.5. The molecule has 3 atom stereocenters. The molecular weight excluding hydrogens is 740 g/mol. The van der Waals surface area contributed by atoms with E-state index in [0.29, 0.717) is 54.4 Å². The summed E-state index contributed by atoms with van der Waals surface area (Å²) >= 11 is 6.17. The van der Waals surface area contributed by atoms with Crippen molar-refractivity contribution in [2.75, 3.05) is 77.8 Å². The number of fused-ring (bicyclic) bond motifs is 1. The number of methoxy groups -OCH3 is 1. The Morgan fingerprint density at radius 3 is 2.45 bits per heavy atom. The number of nitrogens with zero attached hydrogens (tertiary/aromatic N) is 4. The number of hydroxylamine groups is 2. The molecule has 0 bridgehead atoms. The summed E-state index contributed by atoms with van der Waals surface area (Å²) in [6.07, 6.45) is -1.30. The van der Waals surface area contributed by atoms with Gasteiger partial charge in [0.1, 0.15) is 30.5 Å². The van der Waals surface area contributed by atoms with Crippen LogP contribution in [0.25, 0.3) is 0 Å². The SMILES string of the molecule is CCN(O[N+](=O)[O-])C(=O)CO[C@@H]1CN(C(=O)O)C[C@H](OCc2ccc3c(c2)N(CCCOC)CCO3)[C@H]1c1ccc(OCCCOc2ccccc2Cl)cc1. The summed E-state index contributed by atoms with van der Waals surface area (Å²) in [5.41, 5.74) is 2.57. The number of anilines is 1. The average molecular weight is 787 g/mol. The van der Waals surface area contributed by atoms with Gasteiger partial charge in [0.15, 0.2) is 0 Å². The maximum atomic E-state index is 12.9. The van der Waals surface area contributed by atoms with Gasteiger partial charge >= 0.3 is 11.2 Å². The second-order valence-corrected chi connectivity index (χ2v) is 13.2. The normalized spacial score (nSPS) is 17.8. The zero-order valence-electron chi connectivity index (χ0n) is 30.9. The Hall–Kier alpha value is -5.03. The van der Waals surface area contributed by atoms with Crippen LogP contribution in [0.3, 0.4) is 0 Å². The molecule has 16 nitrogen and oxygen atoms in total. The van der Waals surface area contributed by atoms with Gasteiger partial charge in [-0.05, 0) is 60.9 Å². The molecule has 1 N–H and O–H groups in total. The van der Waals surface area contributed by atoms with E-state index < -0.39 is 41.8 Å².